The molecule has 0 aliphatic heterocycles. The van der Waals surface area contributed by atoms with Gasteiger partial charge in [-0.25, -0.2) is 0 Å². The molecule has 2 nitrogen and oxygen atoms in total. The third kappa shape index (κ3) is 3.58. The highest BCUT2D eigenvalue weighted by Crippen LogP contribution is 2.36. The SMILES string of the molecule is Cc1cc(C)c(C(CN)NCC(C)C2CC2)c(C)c1. The number of aryl methyl sites for hydroxylation is 3. The van der Waals surface area contributed by atoms with E-state index in [0.29, 0.717) is 12.6 Å². The van der Waals surface area contributed by atoms with E-state index < -0.39 is 0 Å². The quantitative estimate of drug-likeness (QED) is 0.824. The van der Waals surface area contributed by atoms with Crippen molar-refractivity contribution < 1.29 is 0 Å². The van der Waals surface area contributed by atoms with Crippen LogP contribution in [-0.2, 0) is 0 Å². The highest BCUT2D eigenvalue weighted by atomic mass is 14.9. The second-order valence-corrected chi connectivity index (χ2v) is 6.32. The van der Waals surface area contributed by atoms with Crippen LogP contribution in [-0.4, -0.2) is 13.1 Å². The lowest BCUT2D eigenvalue weighted by Crippen LogP contribution is -2.33. The molecule has 2 rings (SSSR count). The third-order valence-electron chi connectivity index (χ3n) is 4.44. The summed E-state index contributed by atoms with van der Waals surface area (Å²) in [5.41, 5.74) is 11.5. The van der Waals surface area contributed by atoms with Crippen LogP contribution >= 0.6 is 0 Å². The second kappa shape index (κ2) is 6.06. The molecule has 0 saturated heterocycles. The van der Waals surface area contributed by atoms with E-state index >= 15 is 0 Å². The van der Waals surface area contributed by atoms with Gasteiger partial charge in [0, 0.05) is 12.6 Å². The number of benzene rings is 1. The molecule has 0 aromatic heterocycles. The Morgan fingerprint density at radius 2 is 1.79 bits per heavy atom. The molecule has 106 valence electrons. The molecule has 1 saturated carbocycles. The predicted octanol–water partition coefficient (Wildman–Crippen LogP) is 3.25. The second-order valence-electron chi connectivity index (χ2n) is 6.32. The molecule has 1 aromatic carbocycles. The van der Waals surface area contributed by atoms with Crippen LogP contribution in [0, 0.1) is 32.6 Å². The molecule has 0 spiro atoms. The number of nitrogens with one attached hydrogen (secondary N) is 1. The Morgan fingerprint density at radius 3 is 2.26 bits per heavy atom. The van der Waals surface area contributed by atoms with Gasteiger partial charge < -0.3 is 11.1 Å². The summed E-state index contributed by atoms with van der Waals surface area (Å²) in [4.78, 5) is 0. The van der Waals surface area contributed by atoms with Crippen molar-refractivity contribution in [3.05, 3.63) is 34.4 Å². The van der Waals surface area contributed by atoms with Crippen LogP contribution in [0.5, 0.6) is 0 Å². The standard InChI is InChI=1S/C17H28N2/c1-11-7-12(2)17(13(3)8-11)16(9-18)19-10-14(4)15-5-6-15/h7-8,14-16,19H,5-6,9-10,18H2,1-4H3. The monoisotopic (exact) mass is 260 g/mol. The van der Waals surface area contributed by atoms with Gasteiger partial charge in [0.15, 0.2) is 0 Å². The number of nitrogens with two attached hydrogens (primary N) is 1. The summed E-state index contributed by atoms with van der Waals surface area (Å²) in [6, 6.07) is 4.82. The van der Waals surface area contributed by atoms with E-state index in [4.69, 9.17) is 5.73 Å². The van der Waals surface area contributed by atoms with Gasteiger partial charge in [-0.15, -0.1) is 0 Å². The molecule has 1 fully saturated rings. The molecule has 1 aliphatic rings. The Hall–Kier alpha value is -0.860. The fourth-order valence-corrected chi connectivity index (χ4v) is 3.20. The minimum absolute atomic E-state index is 0.293. The van der Waals surface area contributed by atoms with Crippen LogP contribution in [0.1, 0.15) is 48.1 Å². The van der Waals surface area contributed by atoms with Gasteiger partial charge in [-0.05, 0) is 68.7 Å². The van der Waals surface area contributed by atoms with Crippen LogP contribution < -0.4 is 11.1 Å². The summed E-state index contributed by atoms with van der Waals surface area (Å²) < 4.78 is 0. The highest BCUT2D eigenvalue weighted by Gasteiger charge is 2.28. The number of rotatable bonds is 6. The summed E-state index contributed by atoms with van der Waals surface area (Å²) in [5.74, 6) is 1.73. The third-order valence-corrected chi connectivity index (χ3v) is 4.44. The van der Waals surface area contributed by atoms with Gasteiger partial charge in [-0.3, -0.25) is 0 Å². The Bertz CT molecular complexity index is 412. The van der Waals surface area contributed by atoms with Crippen molar-refractivity contribution in [3.8, 4) is 0 Å². The van der Waals surface area contributed by atoms with Gasteiger partial charge in [0.25, 0.3) is 0 Å². The Labute approximate surface area is 117 Å². The van der Waals surface area contributed by atoms with Gasteiger partial charge in [0.05, 0.1) is 0 Å². The summed E-state index contributed by atoms with van der Waals surface area (Å²) in [6.07, 6.45) is 2.83. The van der Waals surface area contributed by atoms with E-state index in [2.05, 4.69) is 45.1 Å². The summed E-state index contributed by atoms with van der Waals surface area (Å²) in [5, 5.41) is 3.68. The van der Waals surface area contributed by atoms with E-state index in [0.717, 1.165) is 18.4 Å². The van der Waals surface area contributed by atoms with Gasteiger partial charge in [0.2, 0.25) is 0 Å². The summed E-state index contributed by atoms with van der Waals surface area (Å²) in [7, 11) is 0. The minimum Gasteiger partial charge on any atom is -0.329 e. The molecule has 2 unspecified atom stereocenters. The lowest BCUT2D eigenvalue weighted by atomic mass is 9.93. The van der Waals surface area contributed by atoms with E-state index in [1.807, 2.05) is 0 Å². The van der Waals surface area contributed by atoms with Crippen molar-refractivity contribution in [2.24, 2.45) is 17.6 Å². The molecular formula is C17H28N2. The Kier molecular flexibility index (Phi) is 4.64. The smallest absolute Gasteiger partial charge is 0.0449 e. The zero-order valence-corrected chi connectivity index (χ0v) is 12.8. The molecule has 0 amide bonds. The van der Waals surface area contributed by atoms with Crippen molar-refractivity contribution in [2.75, 3.05) is 13.1 Å². The van der Waals surface area contributed by atoms with Crippen LogP contribution in [0.15, 0.2) is 12.1 Å². The summed E-state index contributed by atoms with van der Waals surface area (Å²) >= 11 is 0. The Balaban J connectivity index is 2.08. The van der Waals surface area contributed by atoms with Crippen molar-refractivity contribution in [1.82, 2.24) is 5.32 Å². The average Bonchev–Trinajstić information content (AvgIpc) is 3.15. The molecule has 0 bridgehead atoms. The van der Waals surface area contributed by atoms with Crippen molar-refractivity contribution >= 4 is 0 Å². The van der Waals surface area contributed by atoms with Gasteiger partial charge in [-0.2, -0.15) is 0 Å². The van der Waals surface area contributed by atoms with Crippen LogP contribution in [0.25, 0.3) is 0 Å². The molecule has 1 aromatic rings. The van der Waals surface area contributed by atoms with Crippen LogP contribution in [0.3, 0.4) is 0 Å². The Morgan fingerprint density at radius 1 is 1.21 bits per heavy atom. The minimum atomic E-state index is 0.293. The van der Waals surface area contributed by atoms with Gasteiger partial charge in [-0.1, -0.05) is 24.6 Å². The highest BCUT2D eigenvalue weighted by molar-refractivity contribution is 5.39. The van der Waals surface area contributed by atoms with Gasteiger partial charge >= 0.3 is 0 Å². The molecule has 0 heterocycles. The lowest BCUT2D eigenvalue weighted by Gasteiger charge is -2.24. The molecular weight excluding hydrogens is 232 g/mol. The zero-order chi connectivity index (χ0) is 14.0. The normalized spacial score (nSPS) is 18.4. The topological polar surface area (TPSA) is 38.0 Å². The van der Waals surface area contributed by atoms with E-state index in [1.165, 1.54) is 35.1 Å². The zero-order valence-electron chi connectivity index (χ0n) is 12.8. The molecule has 2 atom stereocenters. The fraction of sp³-hybridized carbons (Fsp3) is 0.647. The maximum absolute atomic E-state index is 6.00. The molecule has 0 radical (unpaired) electrons. The molecule has 3 N–H and O–H groups in total. The van der Waals surface area contributed by atoms with Gasteiger partial charge in [0.1, 0.15) is 0 Å². The molecule has 1 aliphatic carbocycles. The maximum atomic E-state index is 6.00. The summed E-state index contributed by atoms with van der Waals surface area (Å²) in [6.45, 7) is 10.7. The first kappa shape index (κ1) is 14.5. The first-order valence-corrected chi connectivity index (χ1v) is 7.54. The lowest BCUT2D eigenvalue weighted by molar-refractivity contribution is 0.421. The fourth-order valence-electron chi connectivity index (χ4n) is 3.20. The maximum Gasteiger partial charge on any atom is 0.0449 e. The largest absolute Gasteiger partial charge is 0.329 e. The van der Waals surface area contributed by atoms with E-state index in [1.54, 1.807) is 0 Å². The molecule has 2 heteroatoms. The van der Waals surface area contributed by atoms with Crippen LogP contribution in [0.4, 0.5) is 0 Å². The molecule has 19 heavy (non-hydrogen) atoms. The first-order valence-electron chi connectivity index (χ1n) is 7.54. The first-order chi connectivity index (χ1) is 9.02. The van der Waals surface area contributed by atoms with Crippen molar-refractivity contribution in [3.63, 3.8) is 0 Å². The number of hydrogen-bond acceptors (Lipinski definition) is 2. The average molecular weight is 260 g/mol. The van der Waals surface area contributed by atoms with E-state index in [-0.39, 0.29) is 0 Å². The van der Waals surface area contributed by atoms with Crippen molar-refractivity contribution in [1.29, 1.82) is 0 Å². The van der Waals surface area contributed by atoms with Crippen LogP contribution in [0.2, 0.25) is 0 Å². The predicted molar refractivity (Wildman–Crippen MR) is 82.3 cm³/mol. The van der Waals surface area contributed by atoms with E-state index in [9.17, 15) is 0 Å². The number of hydrogen-bond donors (Lipinski definition) is 2. The van der Waals surface area contributed by atoms with Crippen molar-refractivity contribution in [2.45, 2.75) is 46.6 Å².